The molecule has 0 fully saturated rings. The van der Waals surface area contributed by atoms with Gasteiger partial charge in [-0.2, -0.15) is 0 Å². The van der Waals surface area contributed by atoms with Crippen molar-refractivity contribution in [3.05, 3.63) is 77.9 Å². The molecule has 3 rings (SSSR count). The summed E-state index contributed by atoms with van der Waals surface area (Å²) < 4.78 is 25.2. The second kappa shape index (κ2) is 23.0. The fourth-order valence-corrected chi connectivity index (χ4v) is 8.23. The fraction of sp³-hybridized carbons (Fsp3) is 0.526. The zero-order valence-electron chi connectivity index (χ0n) is 30.7. The number of benzene rings is 2. The van der Waals surface area contributed by atoms with Crippen LogP contribution in [0.15, 0.2) is 71.0 Å². The van der Waals surface area contributed by atoms with Gasteiger partial charge in [0.25, 0.3) is 0 Å². The van der Waals surface area contributed by atoms with E-state index in [-0.39, 0.29) is 23.8 Å². The highest BCUT2D eigenvalue weighted by Crippen LogP contribution is 2.38. The van der Waals surface area contributed by atoms with Gasteiger partial charge in [0.15, 0.2) is 6.29 Å². The quantitative estimate of drug-likeness (QED) is 0.0696. The van der Waals surface area contributed by atoms with Crippen molar-refractivity contribution in [1.82, 2.24) is 4.72 Å². The molecule has 50 heavy (non-hydrogen) atoms. The Morgan fingerprint density at radius 3 is 2.58 bits per heavy atom. The molecular formula is C38H56ClIN3O5PS. The Hall–Kier alpha value is -1.82. The van der Waals surface area contributed by atoms with E-state index in [1.54, 1.807) is 27.0 Å². The lowest BCUT2D eigenvalue weighted by Crippen LogP contribution is -2.33. The van der Waals surface area contributed by atoms with Crippen molar-refractivity contribution in [2.45, 2.75) is 89.7 Å². The molecule has 1 heterocycles. The van der Waals surface area contributed by atoms with Crippen molar-refractivity contribution in [3.8, 4) is 5.75 Å². The Labute approximate surface area is 323 Å². The first-order chi connectivity index (χ1) is 23.9. The molecule has 12 heteroatoms. The lowest BCUT2D eigenvalue weighted by atomic mass is 9.91. The third-order valence-electron chi connectivity index (χ3n) is 8.37. The van der Waals surface area contributed by atoms with Crippen molar-refractivity contribution >= 4 is 68.9 Å². The summed E-state index contributed by atoms with van der Waals surface area (Å²) in [6.45, 7) is 22.2. The van der Waals surface area contributed by atoms with Gasteiger partial charge in [0, 0.05) is 52.8 Å². The Kier molecular flexibility index (Phi) is 20.4. The number of hydrogen-bond donors (Lipinski definition) is 1. The molecule has 1 aliphatic heterocycles. The standard InChI is InChI=1S/C31H44ClIN3O3PS.C7H12O2/c1-7-10-23-17-25(32)11-13-27(23)24-19-36(16-15-22(8-2)29(9-3)39-40-33)28-18-26(12-14-30(28)38-20-24)41(34-6)35-31(37)21(4)5;1-4-5-9-7(2,3)6-8/h9,11-14,17-18,21-22,24,29,40H,3,7-8,10,15-16,19-20H2,1-2,4-6H3,(H,34,35,37);4,6H,1,5H2,2-3H3/t22-,24?,29?,41?;/m1./s1. The van der Waals surface area contributed by atoms with Gasteiger partial charge >= 0.3 is 0 Å². The van der Waals surface area contributed by atoms with Crippen LogP contribution in [0, 0.1) is 11.8 Å². The molecule has 2 aromatic carbocycles. The summed E-state index contributed by atoms with van der Waals surface area (Å²) in [4.78, 5) is 26.1. The minimum atomic E-state index is -0.748. The highest BCUT2D eigenvalue weighted by Gasteiger charge is 2.28. The molecule has 2 aromatic rings. The largest absolute Gasteiger partial charge is 0.491 e. The zero-order chi connectivity index (χ0) is 37.3. The highest BCUT2D eigenvalue weighted by atomic mass is 127. The van der Waals surface area contributed by atoms with Crippen LogP contribution in [0.1, 0.15) is 77.8 Å². The molecule has 5 atom stereocenters. The van der Waals surface area contributed by atoms with E-state index in [2.05, 4.69) is 81.2 Å². The van der Waals surface area contributed by atoms with Crippen LogP contribution in [0.5, 0.6) is 5.75 Å². The lowest BCUT2D eigenvalue weighted by Gasteiger charge is -2.31. The van der Waals surface area contributed by atoms with Gasteiger partial charge in [-0.3, -0.25) is 9.52 Å². The smallest absolute Gasteiger partial charge is 0.233 e. The molecule has 1 amide bonds. The van der Waals surface area contributed by atoms with E-state index in [1.807, 2.05) is 38.1 Å². The summed E-state index contributed by atoms with van der Waals surface area (Å²) in [6, 6.07) is 12.5. The molecule has 0 saturated carbocycles. The first-order valence-corrected chi connectivity index (χ1v) is 22.8. The van der Waals surface area contributed by atoms with Crippen LogP contribution in [0.4, 0.5) is 5.69 Å². The van der Waals surface area contributed by atoms with Crippen molar-refractivity contribution in [2.75, 3.05) is 38.3 Å². The molecule has 8 nitrogen and oxygen atoms in total. The average molecular weight is 860 g/mol. The number of carbonyl (C=O) groups is 2. The normalized spacial score (nSPS) is 16.4. The SMILES string of the molecule is C=CC(OPI)[C@H](CC)CCN1CC(c2ccc(Cl)cc2CCC)COc2ccc(S(=NC)NC(=O)C(C)C)cc21.C=CCOC(C)(C)C=O. The van der Waals surface area contributed by atoms with Crippen molar-refractivity contribution in [1.29, 1.82) is 0 Å². The van der Waals surface area contributed by atoms with Crippen molar-refractivity contribution in [2.24, 2.45) is 16.2 Å². The summed E-state index contributed by atoms with van der Waals surface area (Å²) in [5.41, 5.74) is 2.97. The van der Waals surface area contributed by atoms with Crippen LogP contribution >= 0.6 is 40.1 Å². The Morgan fingerprint density at radius 1 is 1.26 bits per heavy atom. The minimum Gasteiger partial charge on any atom is -0.491 e. The molecule has 0 radical (unpaired) electrons. The van der Waals surface area contributed by atoms with E-state index >= 15 is 0 Å². The maximum atomic E-state index is 12.5. The molecule has 0 aromatic heterocycles. The summed E-state index contributed by atoms with van der Waals surface area (Å²) in [6.07, 6.45) is 8.36. The summed E-state index contributed by atoms with van der Waals surface area (Å²) in [5.74, 6) is 1.28. The Bertz CT molecular complexity index is 1440. The molecule has 1 aliphatic rings. The summed E-state index contributed by atoms with van der Waals surface area (Å²) >= 11 is 8.69. The fourth-order valence-electron chi connectivity index (χ4n) is 5.49. The Balaban J connectivity index is 0.000000845. The third kappa shape index (κ3) is 14.0. The third-order valence-corrected chi connectivity index (χ3v) is 11.2. The van der Waals surface area contributed by atoms with Crippen LogP contribution in [0.2, 0.25) is 5.02 Å². The first-order valence-electron chi connectivity index (χ1n) is 17.2. The maximum absolute atomic E-state index is 12.5. The topological polar surface area (TPSA) is 89.5 Å². The van der Waals surface area contributed by atoms with Crippen LogP contribution in [0.3, 0.4) is 0 Å². The molecule has 1 N–H and O–H groups in total. The number of amides is 1. The number of nitrogens with zero attached hydrogens (tertiary/aromatic N) is 2. The van der Waals surface area contributed by atoms with Gasteiger partial charge in [-0.25, -0.2) is 4.36 Å². The number of hydrogen-bond acceptors (Lipinski definition) is 7. The number of rotatable bonds is 18. The van der Waals surface area contributed by atoms with E-state index in [9.17, 15) is 9.59 Å². The van der Waals surface area contributed by atoms with E-state index in [0.29, 0.717) is 25.6 Å². The number of aldehydes is 1. The number of fused-ring (bicyclic) bond motifs is 1. The van der Waals surface area contributed by atoms with E-state index < -0.39 is 16.5 Å². The predicted octanol–water partition coefficient (Wildman–Crippen LogP) is 9.85. The van der Waals surface area contributed by atoms with E-state index in [4.69, 9.17) is 25.6 Å². The van der Waals surface area contributed by atoms with Gasteiger partial charge in [0.1, 0.15) is 11.4 Å². The first kappa shape index (κ1) is 44.3. The van der Waals surface area contributed by atoms with Crippen molar-refractivity contribution < 1.29 is 23.6 Å². The monoisotopic (exact) mass is 859 g/mol. The molecule has 0 bridgehead atoms. The van der Waals surface area contributed by atoms with Gasteiger partial charge in [-0.15, -0.1) is 13.2 Å². The summed E-state index contributed by atoms with van der Waals surface area (Å²) in [5, 5.41) is 0.771. The second-order valence-electron chi connectivity index (χ2n) is 12.9. The van der Waals surface area contributed by atoms with Crippen LogP contribution < -0.4 is 14.4 Å². The number of ether oxygens (including phenoxy) is 2. The second-order valence-corrected chi connectivity index (χ2v) is 16.7. The van der Waals surface area contributed by atoms with Gasteiger partial charge < -0.3 is 23.7 Å². The van der Waals surface area contributed by atoms with Gasteiger partial charge in [-0.1, -0.05) is 70.4 Å². The average Bonchev–Trinajstić information content (AvgIpc) is 3.28. The highest BCUT2D eigenvalue weighted by molar-refractivity contribution is 14.2. The molecule has 0 aliphatic carbocycles. The molecule has 0 spiro atoms. The number of nitrogens with one attached hydrogen (secondary N) is 1. The summed E-state index contributed by atoms with van der Waals surface area (Å²) in [7, 11) is 1.01. The van der Waals surface area contributed by atoms with E-state index in [0.717, 1.165) is 66.4 Å². The van der Waals surface area contributed by atoms with Gasteiger partial charge in [-0.05, 0) is 96.1 Å². The Morgan fingerprint density at radius 2 is 2.00 bits per heavy atom. The van der Waals surface area contributed by atoms with Gasteiger partial charge in [0.05, 0.1) is 31.5 Å². The zero-order valence-corrected chi connectivity index (χ0v) is 35.4. The van der Waals surface area contributed by atoms with Crippen molar-refractivity contribution in [3.63, 3.8) is 0 Å². The predicted molar refractivity (Wildman–Crippen MR) is 221 cm³/mol. The van der Waals surface area contributed by atoms with Crippen LogP contribution in [-0.2, 0) is 36.1 Å². The number of anilines is 1. The molecule has 4 unspecified atom stereocenters. The van der Waals surface area contributed by atoms with Crippen LogP contribution in [0.25, 0.3) is 0 Å². The number of carbonyl (C=O) groups excluding carboxylic acids is 2. The lowest BCUT2D eigenvalue weighted by molar-refractivity contribution is -0.125. The molecule has 0 saturated heterocycles. The minimum absolute atomic E-state index is 0.00883. The molecular weight excluding hydrogens is 804 g/mol. The van der Waals surface area contributed by atoms with E-state index in [1.165, 1.54) is 11.1 Å². The van der Waals surface area contributed by atoms with Crippen LogP contribution in [-0.4, -0.2) is 57.2 Å². The van der Waals surface area contributed by atoms with Gasteiger partial charge in [0.2, 0.25) is 5.91 Å². The number of halogens is 2. The maximum Gasteiger partial charge on any atom is 0.233 e. The molecule has 278 valence electrons. The number of aryl methyl sites for hydroxylation is 1.